The van der Waals surface area contributed by atoms with Gasteiger partial charge in [-0.15, -0.1) is 0 Å². The first-order chi connectivity index (χ1) is 14.7. The van der Waals surface area contributed by atoms with E-state index in [0.717, 1.165) is 18.4 Å². The zero-order valence-electron chi connectivity index (χ0n) is 18.1. The molecule has 0 aromatic heterocycles. The Kier molecular flexibility index (Phi) is 4.52. The molecule has 5 atom stereocenters. The Morgan fingerprint density at radius 3 is 2.52 bits per heavy atom. The minimum Gasteiger partial charge on any atom is -0.359 e. The van der Waals surface area contributed by atoms with Gasteiger partial charge in [-0.1, -0.05) is 42.5 Å². The van der Waals surface area contributed by atoms with E-state index >= 15 is 0 Å². The molecule has 2 bridgehead atoms. The summed E-state index contributed by atoms with van der Waals surface area (Å²) >= 11 is 0. The Morgan fingerprint density at radius 1 is 1.16 bits per heavy atom. The van der Waals surface area contributed by atoms with E-state index in [4.69, 9.17) is 4.74 Å². The molecule has 1 aliphatic carbocycles. The Hall–Kier alpha value is -2.67. The summed E-state index contributed by atoms with van der Waals surface area (Å²) in [5, 5.41) is 6.00. The second kappa shape index (κ2) is 6.92. The van der Waals surface area contributed by atoms with Crippen LogP contribution in [0.5, 0.6) is 0 Å². The van der Waals surface area contributed by atoms with Gasteiger partial charge in [0.15, 0.2) is 0 Å². The molecule has 3 heterocycles. The number of hydrogen-bond donors (Lipinski definition) is 2. The monoisotopic (exact) mass is 423 g/mol. The van der Waals surface area contributed by atoms with Crippen LogP contribution in [0.4, 0.5) is 0 Å². The van der Waals surface area contributed by atoms with Crippen molar-refractivity contribution >= 4 is 17.7 Å². The third-order valence-corrected chi connectivity index (χ3v) is 6.61. The first-order valence-electron chi connectivity index (χ1n) is 11.0. The third-order valence-electron chi connectivity index (χ3n) is 6.61. The highest BCUT2D eigenvalue weighted by Crippen LogP contribution is 2.57. The van der Waals surface area contributed by atoms with Gasteiger partial charge in [-0.05, 0) is 39.2 Å². The summed E-state index contributed by atoms with van der Waals surface area (Å²) in [4.78, 5) is 41.8. The van der Waals surface area contributed by atoms with Gasteiger partial charge in [0, 0.05) is 18.1 Å². The van der Waals surface area contributed by atoms with Crippen molar-refractivity contribution in [3.8, 4) is 0 Å². The lowest BCUT2D eigenvalue weighted by Crippen LogP contribution is -2.58. The number of amides is 3. The fraction of sp³-hybridized carbons (Fsp3) is 0.542. The number of nitrogens with zero attached hydrogens (tertiary/aromatic N) is 1. The molecule has 3 amide bonds. The van der Waals surface area contributed by atoms with Gasteiger partial charge in [-0.3, -0.25) is 14.4 Å². The summed E-state index contributed by atoms with van der Waals surface area (Å²) in [6, 6.07) is 8.97. The Bertz CT molecular complexity index is 949. The van der Waals surface area contributed by atoms with Crippen molar-refractivity contribution in [2.75, 3.05) is 0 Å². The molecule has 4 aliphatic rings. The van der Waals surface area contributed by atoms with E-state index in [0.29, 0.717) is 6.54 Å². The number of benzene rings is 1. The summed E-state index contributed by atoms with van der Waals surface area (Å²) in [7, 11) is 0. The quantitative estimate of drug-likeness (QED) is 0.703. The molecule has 7 nitrogen and oxygen atoms in total. The molecular formula is C24H29N3O4. The Morgan fingerprint density at radius 2 is 1.87 bits per heavy atom. The molecule has 0 radical (unpaired) electrons. The largest absolute Gasteiger partial charge is 0.359 e. The Balaban J connectivity index is 1.43. The predicted octanol–water partition coefficient (Wildman–Crippen LogP) is 1.53. The van der Waals surface area contributed by atoms with Gasteiger partial charge >= 0.3 is 0 Å². The van der Waals surface area contributed by atoms with Crippen LogP contribution in [0.1, 0.15) is 39.2 Å². The Labute approximate surface area is 182 Å². The van der Waals surface area contributed by atoms with Crippen LogP contribution in [0.2, 0.25) is 0 Å². The summed E-state index contributed by atoms with van der Waals surface area (Å²) in [6.07, 6.45) is 4.98. The lowest BCUT2D eigenvalue weighted by Gasteiger charge is -2.34. The van der Waals surface area contributed by atoms with Gasteiger partial charge in [0.1, 0.15) is 11.6 Å². The smallest absolute Gasteiger partial charge is 0.246 e. The average molecular weight is 424 g/mol. The summed E-state index contributed by atoms with van der Waals surface area (Å²) in [5.74, 6) is -1.86. The number of nitrogens with one attached hydrogen (secondary N) is 2. The van der Waals surface area contributed by atoms with Crippen LogP contribution in [0.3, 0.4) is 0 Å². The van der Waals surface area contributed by atoms with E-state index in [9.17, 15) is 14.4 Å². The summed E-state index contributed by atoms with van der Waals surface area (Å²) < 4.78 is 6.30. The number of carbonyl (C=O) groups is 3. The fourth-order valence-corrected chi connectivity index (χ4v) is 5.29. The highest BCUT2D eigenvalue weighted by Gasteiger charge is 2.74. The van der Waals surface area contributed by atoms with Gasteiger partial charge in [-0.2, -0.15) is 0 Å². The van der Waals surface area contributed by atoms with Crippen molar-refractivity contribution in [1.82, 2.24) is 15.5 Å². The van der Waals surface area contributed by atoms with Crippen molar-refractivity contribution in [2.45, 2.75) is 69.5 Å². The molecule has 2 saturated heterocycles. The second-order valence-electron chi connectivity index (χ2n) is 10.1. The predicted molar refractivity (Wildman–Crippen MR) is 114 cm³/mol. The average Bonchev–Trinajstić information content (AvgIpc) is 3.31. The van der Waals surface area contributed by atoms with E-state index in [1.54, 1.807) is 4.90 Å². The van der Waals surface area contributed by atoms with Crippen LogP contribution in [0, 0.1) is 11.8 Å². The van der Waals surface area contributed by atoms with E-state index in [2.05, 4.69) is 10.6 Å². The minimum absolute atomic E-state index is 0.0484. The maximum atomic E-state index is 13.6. The van der Waals surface area contributed by atoms with Crippen molar-refractivity contribution < 1.29 is 19.1 Å². The highest BCUT2D eigenvalue weighted by molar-refractivity contribution is 6.00. The van der Waals surface area contributed by atoms with Crippen LogP contribution >= 0.6 is 0 Å². The molecule has 7 heteroatoms. The molecule has 1 saturated carbocycles. The standard InChI is InChI=1S/C24H29N3O4/c1-23(2,3)26-21(29)19-24-12-11-16(31-24)17(18(24)22(30)27(19)15-9-10-15)20(28)25-13-14-7-5-4-6-8-14/h4-8,11-12,15-19H,9-10,13H2,1-3H3,(H,25,28)(H,26,29)/t16-,17-,18+,19+,24+/m1/s1. The van der Waals surface area contributed by atoms with Crippen LogP contribution in [-0.2, 0) is 25.7 Å². The maximum absolute atomic E-state index is 13.6. The van der Waals surface area contributed by atoms with E-state index in [1.807, 2.05) is 63.3 Å². The second-order valence-corrected chi connectivity index (χ2v) is 10.1. The number of fused-ring (bicyclic) bond motifs is 1. The molecule has 164 valence electrons. The number of rotatable bonds is 5. The molecule has 1 spiro atoms. The zero-order chi connectivity index (χ0) is 22.0. The molecular weight excluding hydrogens is 394 g/mol. The van der Waals surface area contributed by atoms with Crippen molar-refractivity contribution in [3.63, 3.8) is 0 Å². The summed E-state index contributed by atoms with van der Waals surface area (Å²) in [5.41, 5.74) is -0.518. The topological polar surface area (TPSA) is 87.7 Å². The zero-order valence-corrected chi connectivity index (χ0v) is 18.1. The molecule has 2 N–H and O–H groups in total. The van der Waals surface area contributed by atoms with E-state index in [-0.39, 0.29) is 23.8 Å². The van der Waals surface area contributed by atoms with Gasteiger partial charge in [0.2, 0.25) is 17.7 Å². The number of hydrogen-bond acceptors (Lipinski definition) is 4. The van der Waals surface area contributed by atoms with Gasteiger partial charge < -0.3 is 20.3 Å². The molecule has 5 rings (SSSR count). The maximum Gasteiger partial charge on any atom is 0.246 e. The first kappa shape index (κ1) is 20.2. The molecule has 31 heavy (non-hydrogen) atoms. The van der Waals surface area contributed by atoms with Gasteiger partial charge in [0.25, 0.3) is 0 Å². The number of carbonyl (C=O) groups excluding carboxylic acids is 3. The highest BCUT2D eigenvalue weighted by atomic mass is 16.5. The van der Waals surface area contributed by atoms with Gasteiger partial charge in [0.05, 0.1) is 17.9 Å². The normalized spacial score (nSPS) is 33.5. The molecule has 1 aromatic carbocycles. The number of ether oxygens (including phenoxy) is 1. The van der Waals surface area contributed by atoms with Crippen LogP contribution in [0.25, 0.3) is 0 Å². The summed E-state index contributed by atoms with van der Waals surface area (Å²) in [6.45, 7) is 6.14. The molecule has 3 aliphatic heterocycles. The van der Waals surface area contributed by atoms with Crippen LogP contribution in [-0.4, -0.2) is 51.9 Å². The van der Waals surface area contributed by atoms with Crippen molar-refractivity contribution in [3.05, 3.63) is 48.0 Å². The lowest BCUT2D eigenvalue weighted by atomic mass is 9.74. The molecule has 1 aromatic rings. The fourth-order valence-electron chi connectivity index (χ4n) is 5.29. The lowest BCUT2D eigenvalue weighted by molar-refractivity contribution is -0.143. The number of likely N-dealkylation sites (tertiary alicyclic amines) is 1. The SMILES string of the molecule is CC(C)(C)NC(=O)[C@@H]1N(C2CC2)C(=O)[C@@H]2[C@H](C(=O)NCc3ccccc3)[C@H]3C=C[C@]21O3. The van der Waals surface area contributed by atoms with E-state index in [1.165, 1.54) is 0 Å². The van der Waals surface area contributed by atoms with Crippen LogP contribution in [0.15, 0.2) is 42.5 Å². The molecule has 0 unspecified atom stereocenters. The first-order valence-corrected chi connectivity index (χ1v) is 11.0. The van der Waals surface area contributed by atoms with Gasteiger partial charge in [-0.25, -0.2) is 0 Å². The van der Waals surface area contributed by atoms with Crippen LogP contribution < -0.4 is 10.6 Å². The van der Waals surface area contributed by atoms with Crippen molar-refractivity contribution in [1.29, 1.82) is 0 Å². The van der Waals surface area contributed by atoms with Crippen molar-refractivity contribution in [2.24, 2.45) is 11.8 Å². The third kappa shape index (κ3) is 3.26. The molecule has 3 fully saturated rings. The van der Waals surface area contributed by atoms with E-state index < -0.39 is 35.1 Å². The minimum atomic E-state index is -1.07.